The van der Waals surface area contributed by atoms with Crippen LogP contribution < -0.4 is 5.63 Å². The first-order valence-corrected chi connectivity index (χ1v) is 5.49. The van der Waals surface area contributed by atoms with Crippen molar-refractivity contribution < 1.29 is 24.2 Å². The lowest BCUT2D eigenvalue weighted by Gasteiger charge is -2.09. The molecule has 2 rings (SSSR count). The highest BCUT2D eigenvalue weighted by Crippen LogP contribution is 2.31. The Balaban J connectivity index is 2.82. The maximum Gasteiger partial charge on any atom is 0.347 e. The molecule has 0 amide bonds. The second-order valence-corrected chi connectivity index (χ2v) is 4.06. The number of phenols is 2. The van der Waals surface area contributed by atoms with E-state index in [0.29, 0.717) is 5.56 Å². The number of ether oxygens (including phenoxy) is 1. The first-order chi connectivity index (χ1) is 8.93. The van der Waals surface area contributed by atoms with Crippen molar-refractivity contribution in [3.05, 3.63) is 33.9 Å². The summed E-state index contributed by atoms with van der Waals surface area (Å²) in [4.78, 5) is 23.1. The van der Waals surface area contributed by atoms with Crippen LogP contribution in [0.5, 0.6) is 11.5 Å². The molecule has 0 radical (unpaired) electrons. The summed E-state index contributed by atoms with van der Waals surface area (Å²) in [5.74, 6) is -0.870. The van der Waals surface area contributed by atoms with Crippen LogP contribution in [0.3, 0.4) is 0 Å². The average Bonchev–Trinajstić information content (AvgIpc) is 2.32. The standard InChI is InChI=1S/C13H12O6/c1-6-8(5-11(16)18-2)9-3-7(14)4-10(15)12(9)13(17)19-6/h3-4,14-15H,5H2,1-2H3. The highest BCUT2D eigenvalue weighted by atomic mass is 16.5. The van der Waals surface area contributed by atoms with Gasteiger partial charge in [0.1, 0.15) is 22.6 Å². The number of aromatic hydroxyl groups is 2. The van der Waals surface area contributed by atoms with E-state index >= 15 is 0 Å². The Hall–Kier alpha value is -2.50. The van der Waals surface area contributed by atoms with E-state index in [0.717, 1.165) is 6.07 Å². The number of carbonyl (C=O) groups excluding carboxylic acids is 1. The van der Waals surface area contributed by atoms with Crippen LogP contribution in [0.15, 0.2) is 21.3 Å². The largest absolute Gasteiger partial charge is 0.508 e. The predicted molar refractivity (Wildman–Crippen MR) is 66.3 cm³/mol. The molecule has 0 atom stereocenters. The highest BCUT2D eigenvalue weighted by molar-refractivity contribution is 5.93. The van der Waals surface area contributed by atoms with Crippen molar-refractivity contribution in [2.45, 2.75) is 13.3 Å². The van der Waals surface area contributed by atoms with Gasteiger partial charge in [-0.05, 0) is 13.0 Å². The van der Waals surface area contributed by atoms with Crippen molar-refractivity contribution in [2.24, 2.45) is 0 Å². The van der Waals surface area contributed by atoms with Crippen LogP contribution in [-0.4, -0.2) is 23.3 Å². The van der Waals surface area contributed by atoms with Gasteiger partial charge in [0, 0.05) is 17.0 Å². The zero-order valence-electron chi connectivity index (χ0n) is 10.4. The van der Waals surface area contributed by atoms with Gasteiger partial charge in [-0.25, -0.2) is 4.79 Å². The molecule has 2 N–H and O–H groups in total. The number of hydrogen-bond acceptors (Lipinski definition) is 6. The Labute approximate surface area is 107 Å². The molecule has 0 aliphatic carbocycles. The summed E-state index contributed by atoms with van der Waals surface area (Å²) < 4.78 is 9.55. The van der Waals surface area contributed by atoms with Gasteiger partial charge in [-0.15, -0.1) is 0 Å². The normalized spacial score (nSPS) is 10.6. The first-order valence-electron chi connectivity index (χ1n) is 5.49. The van der Waals surface area contributed by atoms with Gasteiger partial charge in [0.15, 0.2) is 0 Å². The van der Waals surface area contributed by atoms with Gasteiger partial charge >= 0.3 is 11.6 Å². The molecule has 19 heavy (non-hydrogen) atoms. The summed E-state index contributed by atoms with van der Waals surface area (Å²) in [6.07, 6.45) is -0.120. The summed E-state index contributed by atoms with van der Waals surface area (Å²) in [6, 6.07) is 2.34. The molecule has 0 unspecified atom stereocenters. The van der Waals surface area contributed by atoms with Crippen molar-refractivity contribution in [3.8, 4) is 11.5 Å². The van der Waals surface area contributed by atoms with Crippen LogP contribution in [0.2, 0.25) is 0 Å². The molecule has 0 saturated carbocycles. The van der Waals surface area contributed by atoms with Gasteiger partial charge in [-0.3, -0.25) is 4.79 Å². The van der Waals surface area contributed by atoms with Crippen molar-refractivity contribution in [1.82, 2.24) is 0 Å². The molecule has 1 heterocycles. The van der Waals surface area contributed by atoms with Crippen LogP contribution in [0, 0.1) is 6.92 Å². The minimum Gasteiger partial charge on any atom is -0.508 e. The summed E-state index contributed by atoms with van der Waals surface area (Å²) in [5.41, 5.74) is -0.328. The Morgan fingerprint density at radius 3 is 2.68 bits per heavy atom. The second kappa shape index (κ2) is 4.64. The molecule has 0 spiro atoms. The van der Waals surface area contributed by atoms with Gasteiger partial charge in [-0.2, -0.15) is 0 Å². The summed E-state index contributed by atoms with van der Waals surface area (Å²) in [7, 11) is 1.24. The number of fused-ring (bicyclic) bond motifs is 1. The lowest BCUT2D eigenvalue weighted by atomic mass is 10.0. The molecule has 0 bridgehead atoms. The van der Waals surface area contributed by atoms with E-state index in [1.807, 2.05) is 0 Å². The minimum atomic E-state index is -0.724. The summed E-state index contributed by atoms with van der Waals surface area (Å²) in [5, 5.41) is 19.4. The molecule has 1 aromatic carbocycles. The maximum atomic E-state index is 11.7. The Morgan fingerprint density at radius 2 is 2.05 bits per heavy atom. The molecule has 2 aromatic rings. The van der Waals surface area contributed by atoms with Gasteiger partial charge in [0.05, 0.1) is 13.5 Å². The fourth-order valence-electron chi connectivity index (χ4n) is 1.94. The van der Waals surface area contributed by atoms with E-state index in [9.17, 15) is 19.8 Å². The zero-order chi connectivity index (χ0) is 14.2. The van der Waals surface area contributed by atoms with Crippen molar-refractivity contribution in [3.63, 3.8) is 0 Å². The molecule has 0 fully saturated rings. The molecule has 0 saturated heterocycles. The number of hydrogen-bond donors (Lipinski definition) is 2. The maximum absolute atomic E-state index is 11.7. The van der Waals surface area contributed by atoms with Crippen LogP contribution >= 0.6 is 0 Å². The monoisotopic (exact) mass is 264 g/mol. The Bertz CT molecular complexity index is 713. The molecule has 0 aliphatic rings. The summed E-state index contributed by atoms with van der Waals surface area (Å²) >= 11 is 0. The van der Waals surface area contributed by atoms with Gasteiger partial charge < -0.3 is 19.4 Å². The van der Waals surface area contributed by atoms with Gasteiger partial charge in [0.2, 0.25) is 0 Å². The van der Waals surface area contributed by atoms with E-state index < -0.39 is 17.3 Å². The first kappa shape index (κ1) is 12.9. The van der Waals surface area contributed by atoms with E-state index in [-0.39, 0.29) is 28.7 Å². The Morgan fingerprint density at radius 1 is 1.37 bits per heavy atom. The zero-order valence-corrected chi connectivity index (χ0v) is 10.4. The van der Waals surface area contributed by atoms with Crippen molar-refractivity contribution in [1.29, 1.82) is 0 Å². The third-order valence-electron chi connectivity index (χ3n) is 2.85. The van der Waals surface area contributed by atoms with Crippen LogP contribution in [0.1, 0.15) is 11.3 Å². The fourth-order valence-corrected chi connectivity index (χ4v) is 1.94. The highest BCUT2D eigenvalue weighted by Gasteiger charge is 2.17. The quantitative estimate of drug-likeness (QED) is 0.792. The molecule has 0 aliphatic heterocycles. The van der Waals surface area contributed by atoms with Gasteiger partial charge in [-0.1, -0.05) is 0 Å². The molecule has 100 valence electrons. The Kier molecular flexibility index (Phi) is 3.16. The van der Waals surface area contributed by atoms with Crippen LogP contribution in [0.4, 0.5) is 0 Å². The van der Waals surface area contributed by atoms with E-state index in [4.69, 9.17) is 4.42 Å². The van der Waals surface area contributed by atoms with Gasteiger partial charge in [0.25, 0.3) is 0 Å². The van der Waals surface area contributed by atoms with E-state index in [1.54, 1.807) is 0 Å². The van der Waals surface area contributed by atoms with Crippen molar-refractivity contribution >= 4 is 16.7 Å². The third kappa shape index (κ3) is 2.24. The smallest absolute Gasteiger partial charge is 0.347 e. The molecule has 6 heteroatoms. The van der Waals surface area contributed by atoms with E-state index in [2.05, 4.69) is 4.74 Å². The topological polar surface area (TPSA) is 97.0 Å². The minimum absolute atomic E-state index is 0.0673. The molecule has 1 aromatic heterocycles. The lowest BCUT2D eigenvalue weighted by molar-refractivity contribution is -0.139. The number of aryl methyl sites for hydroxylation is 1. The molecular weight excluding hydrogens is 252 g/mol. The SMILES string of the molecule is COC(=O)Cc1c(C)oc(=O)c2c(O)cc(O)cc12. The van der Waals surface area contributed by atoms with Crippen molar-refractivity contribution in [2.75, 3.05) is 7.11 Å². The fraction of sp³-hybridized carbons (Fsp3) is 0.231. The number of rotatable bonds is 2. The number of esters is 1. The number of phenolic OH excluding ortho intramolecular Hbond substituents is 2. The summed E-state index contributed by atoms with van der Waals surface area (Å²) in [6.45, 7) is 1.53. The number of methoxy groups -OCH3 is 1. The van der Waals surface area contributed by atoms with E-state index in [1.165, 1.54) is 20.1 Å². The van der Waals surface area contributed by atoms with Crippen LogP contribution in [0.25, 0.3) is 10.8 Å². The number of carbonyl (C=O) groups is 1. The average molecular weight is 264 g/mol. The second-order valence-electron chi connectivity index (χ2n) is 4.06. The predicted octanol–water partition coefficient (Wildman–Crippen LogP) is 1.23. The third-order valence-corrected chi connectivity index (χ3v) is 2.85. The van der Waals surface area contributed by atoms with Crippen LogP contribution in [-0.2, 0) is 16.0 Å². The lowest BCUT2D eigenvalue weighted by Crippen LogP contribution is -2.10. The number of benzene rings is 1. The molecular formula is C13H12O6. The molecule has 6 nitrogen and oxygen atoms in total.